The summed E-state index contributed by atoms with van der Waals surface area (Å²) in [6.45, 7) is 4.88. The van der Waals surface area contributed by atoms with Gasteiger partial charge in [0.05, 0.1) is 18.7 Å². The number of nitrogens with zero attached hydrogens (tertiary/aromatic N) is 3. The third-order valence-corrected chi connectivity index (χ3v) is 7.18. The number of ether oxygens (including phenoxy) is 1. The molecule has 31 heavy (non-hydrogen) atoms. The zero-order valence-electron chi connectivity index (χ0n) is 18.2. The first-order valence-electron chi connectivity index (χ1n) is 11.2. The number of hydrogen-bond donors (Lipinski definition) is 1. The van der Waals surface area contributed by atoms with E-state index in [2.05, 4.69) is 26.7 Å². The van der Waals surface area contributed by atoms with E-state index < -0.39 is 0 Å². The Hall–Kier alpha value is -2.03. The minimum absolute atomic E-state index is 0.0615. The summed E-state index contributed by atoms with van der Waals surface area (Å²) in [5.74, 6) is 1.43. The van der Waals surface area contributed by atoms with Crippen LogP contribution in [0, 0.1) is 0 Å². The van der Waals surface area contributed by atoms with Crippen LogP contribution in [0.5, 0.6) is 0 Å². The van der Waals surface area contributed by atoms with Crippen molar-refractivity contribution < 1.29 is 9.53 Å². The summed E-state index contributed by atoms with van der Waals surface area (Å²) in [5.41, 5.74) is 2.22. The lowest BCUT2D eigenvalue weighted by molar-refractivity contribution is -0.133. The van der Waals surface area contributed by atoms with E-state index in [9.17, 15) is 9.59 Å². The van der Waals surface area contributed by atoms with Gasteiger partial charge in [0.15, 0.2) is 0 Å². The van der Waals surface area contributed by atoms with Gasteiger partial charge in [-0.1, -0.05) is 0 Å². The molecule has 0 unspecified atom stereocenters. The Labute approximate surface area is 187 Å². The fraction of sp³-hybridized carbons (Fsp3) is 0.609. The quantitative estimate of drug-likeness (QED) is 0.710. The molecule has 1 amide bonds. The number of methoxy groups -OCH3 is 1. The molecular weight excluding hydrogens is 412 g/mol. The fourth-order valence-electron chi connectivity index (χ4n) is 4.73. The number of amides is 1. The molecular formula is C23H32N4O3S. The topological polar surface area (TPSA) is 78.5 Å². The highest BCUT2D eigenvalue weighted by molar-refractivity contribution is 7.07. The summed E-state index contributed by atoms with van der Waals surface area (Å²) in [4.78, 5) is 37.0. The molecule has 4 rings (SSSR count). The van der Waals surface area contributed by atoms with Gasteiger partial charge < -0.3 is 14.6 Å². The number of aromatic amines is 1. The van der Waals surface area contributed by atoms with Crippen molar-refractivity contribution >= 4 is 17.2 Å². The summed E-state index contributed by atoms with van der Waals surface area (Å²) in [5, 5.41) is 4.33. The highest BCUT2D eigenvalue weighted by atomic mass is 32.1. The maximum atomic E-state index is 12.4. The van der Waals surface area contributed by atoms with E-state index in [4.69, 9.17) is 9.72 Å². The van der Waals surface area contributed by atoms with Gasteiger partial charge in [0, 0.05) is 51.2 Å². The monoisotopic (exact) mass is 444 g/mol. The van der Waals surface area contributed by atoms with Crippen molar-refractivity contribution in [2.24, 2.45) is 0 Å². The molecule has 0 bridgehead atoms. The van der Waals surface area contributed by atoms with Crippen LogP contribution in [0.25, 0.3) is 0 Å². The fourth-order valence-corrected chi connectivity index (χ4v) is 5.39. The van der Waals surface area contributed by atoms with Crippen molar-refractivity contribution in [3.8, 4) is 0 Å². The van der Waals surface area contributed by atoms with Gasteiger partial charge in [0.1, 0.15) is 5.82 Å². The second kappa shape index (κ2) is 10.5. The highest BCUT2D eigenvalue weighted by Gasteiger charge is 2.27. The van der Waals surface area contributed by atoms with E-state index in [1.165, 1.54) is 5.56 Å². The predicted molar refractivity (Wildman–Crippen MR) is 121 cm³/mol. The number of piperidine rings is 2. The molecule has 0 spiro atoms. The third-order valence-electron chi connectivity index (χ3n) is 6.44. The van der Waals surface area contributed by atoms with Crippen LogP contribution >= 0.6 is 11.3 Å². The van der Waals surface area contributed by atoms with Crippen LogP contribution in [0.3, 0.4) is 0 Å². The smallest absolute Gasteiger partial charge is 0.251 e. The van der Waals surface area contributed by atoms with Crippen LogP contribution in [-0.4, -0.2) is 65.6 Å². The normalized spacial score (nSPS) is 20.8. The maximum absolute atomic E-state index is 12.4. The Morgan fingerprint density at radius 2 is 2.10 bits per heavy atom. The van der Waals surface area contributed by atoms with Gasteiger partial charge in [-0.05, 0) is 54.6 Å². The molecule has 168 valence electrons. The zero-order valence-corrected chi connectivity index (χ0v) is 19.0. The lowest BCUT2D eigenvalue weighted by Gasteiger charge is -2.33. The molecule has 2 aromatic rings. The molecule has 2 aromatic heterocycles. The number of thiophene rings is 1. The van der Waals surface area contributed by atoms with E-state index in [0.717, 1.165) is 56.8 Å². The Balaban J connectivity index is 1.39. The summed E-state index contributed by atoms with van der Waals surface area (Å²) < 4.78 is 5.01. The molecule has 2 aliphatic heterocycles. The van der Waals surface area contributed by atoms with Gasteiger partial charge in [0.2, 0.25) is 5.91 Å². The first kappa shape index (κ1) is 22.2. The third kappa shape index (κ3) is 5.81. The molecule has 2 aliphatic rings. The molecule has 1 N–H and O–H groups in total. The molecule has 0 aromatic carbocycles. The minimum Gasteiger partial charge on any atom is -0.384 e. The van der Waals surface area contributed by atoms with E-state index in [1.807, 2.05) is 4.90 Å². The minimum atomic E-state index is -0.0615. The van der Waals surface area contributed by atoms with Crippen molar-refractivity contribution in [2.45, 2.75) is 50.5 Å². The number of H-pyrrole nitrogens is 1. The largest absolute Gasteiger partial charge is 0.384 e. The number of aromatic nitrogens is 2. The molecule has 8 heteroatoms. The maximum Gasteiger partial charge on any atom is 0.251 e. The number of likely N-dealkylation sites (tertiary alicyclic amines) is 2. The number of carbonyl (C=O) groups excluding carboxylic acids is 1. The van der Waals surface area contributed by atoms with Crippen LogP contribution in [0.1, 0.15) is 61.0 Å². The van der Waals surface area contributed by atoms with E-state index in [1.54, 1.807) is 24.5 Å². The van der Waals surface area contributed by atoms with Crippen molar-refractivity contribution in [3.63, 3.8) is 0 Å². The van der Waals surface area contributed by atoms with Crippen molar-refractivity contribution in [3.05, 3.63) is 50.3 Å². The van der Waals surface area contributed by atoms with Gasteiger partial charge in [0.25, 0.3) is 5.56 Å². The Morgan fingerprint density at radius 3 is 2.84 bits per heavy atom. The molecule has 0 saturated carbocycles. The standard InChI is InChI=1S/C23H32N4O3S/c1-30-11-6-22(29)27-9-4-18(5-10-27)23-24-20(13-21(28)25-23)19-3-2-8-26(15-19)14-17-7-12-31-16-17/h7,12-13,16,18-19H,2-6,8-11,14-15H2,1H3,(H,24,25,28)/t19-/m0/s1. The average molecular weight is 445 g/mol. The van der Waals surface area contributed by atoms with Crippen LogP contribution in [0.2, 0.25) is 0 Å². The van der Waals surface area contributed by atoms with Gasteiger partial charge in [-0.2, -0.15) is 11.3 Å². The van der Waals surface area contributed by atoms with Gasteiger partial charge in [-0.3, -0.25) is 14.5 Å². The lowest BCUT2D eigenvalue weighted by atomic mass is 9.92. The van der Waals surface area contributed by atoms with Crippen LogP contribution in [-0.2, 0) is 16.1 Å². The van der Waals surface area contributed by atoms with E-state index in [0.29, 0.717) is 32.0 Å². The summed E-state index contributed by atoms with van der Waals surface area (Å²) in [6, 6.07) is 3.87. The molecule has 0 radical (unpaired) electrons. The number of rotatable bonds is 7. The van der Waals surface area contributed by atoms with Crippen molar-refractivity contribution in [2.75, 3.05) is 39.9 Å². The average Bonchev–Trinajstić information content (AvgIpc) is 3.30. The zero-order chi connectivity index (χ0) is 21.6. The first-order chi connectivity index (χ1) is 15.1. The van der Waals surface area contributed by atoms with Crippen LogP contribution < -0.4 is 5.56 Å². The molecule has 2 saturated heterocycles. The SMILES string of the molecule is COCCC(=O)N1CCC(c2nc([C@H]3CCCN(Cc4ccsc4)C3)cc(=O)[nH]2)CC1. The summed E-state index contributed by atoms with van der Waals surface area (Å²) in [6.07, 6.45) is 4.29. The number of carbonyl (C=O) groups is 1. The Morgan fingerprint density at radius 1 is 1.26 bits per heavy atom. The molecule has 0 aliphatic carbocycles. The Bertz CT molecular complexity index is 906. The first-order valence-corrected chi connectivity index (χ1v) is 12.2. The molecule has 1 atom stereocenters. The van der Waals surface area contributed by atoms with Crippen LogP contribution in [0.4, 0.5) is 0 Å². The van der Waals surface area contributed by atoms with Crippen molar-refractivity contribution in [1.29, 1.82) is 0 Å². The predicted octanol–water partition coefficient (Wildman–Crippen LogP) is 2.95. The van der Waals surface area contributed by atoms with E-state index in [-0.39, 0.29) is 17.4 Å². The molecule has 7 nitrogen and oxygen atoms in total. The Kier molecular flexibility index (Phi) is 7.53. The van der Waals surface area contributed by atoms with E-state index >= 15 is 0 Å². The number of nitrogens with one attached hydrogen (secondary N) is 1. The second-order valence-corrected chi connectivity index (χ2v) is 9.44. The van der Waals surface area contributed by atoms with Gasteiger partial charge in [-0.25, -0.2) is 4.98 Å². The van der Waals surface area contributed by atoms with Crippen LogP contribution in [0.15, 0.2) is 27.7 Å². The summed E-state index contributed by atoms with van der Waals surface area (Å²) >= 11 is 1.74. The lowest BCUT2D eigenvalue weighted by Crippen LogP contribution is -2.39. The molecule has 4 heterocycles. The highest BCUT2D eigenvalue weighted by Crippen LogP contribution is 2.29. The summed E-state index contributed by atoms with van der Waals surface area (Å²) in [7, 11) is 1.61. The van der Waals surface area contributed by atoms with Gasteiger partial charge in [-0.15, -0.1) is 0 Å². The molecule has 2 fully saturated rings. The van der Waals surface area contributed by atoms with Crippen molar-refractivity contribution in [1.82, 2.24) is 19.8 Å². The second-order valence-electron chi connectivity index (χ2n) is 8.66. The van der Waals surface area contributed by atoms with Gasteiger partial charge >= 0.3 is 0 Å². The number of hydrogen-bond acceptors (Lipinski definition) is 6.